The Bertz CT molecular complexity index is 2800. The minimum atomic E-state index is 0.851. The summed E-state index contributed by atoms with van der Waals surface area (Å²) in [5.41, 5.74) is 9.87. The van der Waals surface area contributed by atoms with Crippen molar-refractivity contribution in [1.29, 1.82) is 0 Å². The van der Waals surface area contributed by atoms with Crippen LogP contribution in [-0.2, 0) is 0 Å². The zero-order valence-electron chi connectivity index (χ0n) is 27.0. The van der Waals surface area contributed by atoms with Crippen LogP contribution in [0.15, 0.2) is 191 Å². The van der Waals surface area contributed by atoms with E-state index in [1.807, 2.05) is 24.3 Å². The molecule has 0 fully saturated rings. The molecule has 0 spiro atoms. The normalized spacial score (nSPS) is 11.6. The standard InChI is InChI=1S/C46H30N2O2/c1-3-13-31(14-4-1)47(32-15-5-2-6-16-32)41-21-11-20-36-35(41)19-12-22-42(36)48(33-26-28-45-40(29-33)38-18-8-10-24-44(38)49-45)34-25-27-39-37-17-7-9-23-43(37)50-46(39)30-34/h1-30H. The Hall–Kier alpha value is -6.78. The molecule has 0 saturated heterocycles. The largest absolute Gasteiger partial charge is 0.456 e. The molecular weight excluding hydrogens is 613 g/mol. The minimum absolute atomic E-state index is 0.851. The second kappa shape index (κ2) is 11.4. The van der Waals surface area contributed by atoms with Gasteiger partial charge < -0.3 is 18.6 Å². The summed E-state index contributed by atoms with van der Waals surface area (Å²) in [4.78, 5) is 4.68. The van der Waals surface area contributed by atoms with Gasteiger partial charge in [0.15, 0.2) is 0 Å². The van der Waals surface area contributed by atoms with Crippen molar-refractivity contribution in [2.45, 2.75) is 0 Å². The van der Waals surface area contributed by atoms with Gasteiger partial charge in [-0.25, -0.2) is 0 Å². The summed E-state index contributed by atoms with van der Waals surface area (Å²) in [5, 5.41) is 6.66. The van der Waals surface area contributed by atoms with Crippen LogP contribution in [0.1, 0.15) is 0 Å². The summed E-state index contributed by atoms with van der Waals surface area (Å²) in [6.45, 7) is 0. The van der Waals surface area contributed by atoms with E-state index in [0.717, 1.165) is 88.8 Å². The van der Waals surface area contributed by atoms with E-state index in [1.54, 1.807) is 0 Å². The number of para-hydroxylation sites is 4. The Morgan fingerprint density at radius 3 is 1.34 bits per heavy atom. The lowest BCUT2D eigenvalue weighted by Crippen LogP contribution is -2.12. The second-order valence-corrected chi connectivity index (χ2v) is 12.5. The van der Waals surface area contributed by atoms with Crippen molar-refractivity contribution >= 4 is 88.8 Å². The van der Waals surface area contributed by atoms with Gasteiger partial charge in [0.1, 0.15) is 22.3 Å². The van der Waals surface area contributed by atoms with Gasteiger partial charge in [-0.3, -0.25) is 0 Å². The van der Waals surface area contributed by atoms with E-state index in [4.69, 9.17) is 8.83 Å². The van der Waals surface area contributed by atoms with Crippen LogP contribution < -0.4 is 9.80 Å². The highest BCUT2D eigenvalue weighted by Gasteiger charge is 2.21. The van der Waals surface area contributed by atoms with Gasteiger partial charge in [-0.05, 0) is 78.9 Å². The molecule has 0 amide bonds. The van der Waals surface area contributed by atoms with Gasteiger partial charge in [0.2, 0.25) is 0 Å². The summed E-state index contributed by atoms with van der Waals surface area (Å²) in [6.07, 6.45) is 0. The molecule has 0 atom stereocenters. The van der Waals surface area contributed by atoms with E-state index in [-0.39, 0.29) is 0 Å². The van der Waals surface area contributed by atoms with Gasteiger partial charge >= 0.3 is 0 Å². The van der Waals surface area contributed by atoms with Crippen molar-refractivity contribution < 1.29 is 8.83 Å². The zero-order chi connectivity index (χ0) is 33.0. The van der Waals surface area contributed by atoms with Gasteiger partial charge in [-0.2, -0.15) is 0 Å². The summed E-state index contributed by atoms with van der Waals surface area (Å²) >= 11 is 0. The van der Waals surface area contributed by atoms with Gasteiger partial charge in [0.05, 0.1) is 11.4 Å². The Morgan fingerprint density at radius 1 is 0.260 bits per heavy atom. The molecule has 0 unspecified atom stereocenters. The summed E-state index contributed by atoms with van der Waals surface area (Å²) in [7, 11) is 0. The van der Waals surface area contributed by atoms with Crippen LogP contribution in [0.4, 0.5) is 34.1 Å². The highest BCUT2D eigenvalue weighted by molar-refractivity contribution is 6.11. The molecular formula is C46H30N2O2. The molecule has 8 aromatic carbocycles. The molecule has 50 heavy (non-hydrogen) atoms. The monoisotopic (exact) mass is 642 g/mol. The molecule has 0 aliphatic heterocycles. The number of furan rings is 2. The molecule has 2 aromatic heterocycles. The van der Waals surface area contributed by atoms with E-state index < -0.39 is 0 Å². The molecule has 10 aromatic rings. The highest BCUT2D eigenvalue weighted by Crippen LogP contribution is 2.46. The van der Waals surface area contributed by atoms with Crippen LogP contribution in [0.5, 0.6) is 0 Å². The van der Waals surface area contributed by atoms with Crippen molar-refractivity contribution in [1.82, 2.24) is 0 Å². The molecule has 0 saturated carbocycles. The van der Waals surface area contributed by atoms with E-state index in [1.165, 1.54) is 0 Å². The number of benzene rings is 8. The summed E-state index contributed by atoms with van der Waals surface area (Å²) in [6, 6.07) is 63.8. The van der Waals surface area contributed by atoms with E-state index in [0.29, 0.717) is 0 Å². The first kappa shape index (κ1) is 28.3. The quantitative estimate of drug-likeness (QED) is 0.181. The number of rotatable bonds is 6. The average Bonchev–Trinajstić information content (AvgIpc) is 3.74. The third-order valence-corrected chi connectivity index (χ3v) is 9.63. The van der Waals surface area contributed by atoms with Crippen LogP contribution in [0.25, 0.3) is 54.6 Å². The molecule has 10 rings (SSSR count). The van der Waals surface area contributed by atoms with Gasteiger partial charge in [0.25, 0.3) is 0 Å². The first-order chi connectivity index (χ1) is 24.8. The Kier molecular flexibility index (Phi) is 6.46. The van der Waals surface area contributed by atoms with Crippen LogP contribution in [0, 0.1) is 0 Å². The van der Waals surface area contributed by atoms with Crippen LogP contribution in [-0.4, -0.2) is 0 Å². The van der Waals surface area contributed by atoms with Crippen molar-refractivity contribution in [3.05, 3.63) is 182 Å². The predicted molar refractivity (Wildman–Crippen MR) is 208 cm³/mol. The van der Waals surface area contributed by atoms with E-state index >= 15 is 0 Å². The average molecular weight is 643 g/mol. The number of hydrogen-bond donors (Lipinski definition) is 0. The number of hydrogen-bond acceptors (Lipinski definition) is 4. The molecule has 0 N–H and O–H groups in total. The second-order valence-electron chi connectivity index (χ2n) is 12.5. The van der Waals surface area contributed by atoms with Crippen molar-refractivity contribution in [3.8, 4) is 0 Å². The molecule has 4 nitrogen and oxygen atoms in total. The summed E-state index contributed by atoms with van der Waals surface area (Å²) < 4.78 is 12.7. The van der Waals surface area contributed by atoms with E-state index in [9.17, 15) is 0 Å². The predicted octanol–water partition coefficient (Wildman–Crippen LogP) is 13.6. The first-order valence-corrected chi connectivity index (χ1v) is 16.8. The SMILES string of the molecule is c1ccc(N(c2ccccc2)c2cccc3c(N(c4ccc5c(c4)oc4ccccc45)c4ccc5oc6ccccc6c5c4)cccc23)cc1. The number of anilines is 6. The van der Waals surface area contributed by atoms with Crippen LogP contribution >= 0.6 is 0 Å². The lowest BCUT2D eigenvalue weighted by molar-refractivity contribution is 0.668. The van der Waals surface area contributed by atoms with Gasteiger partial charge in [0, 0.05) is 61.1 Å². The third-order valence-electron chi connectivity index (χ3n) is 9.63. The first-order valence-electron chi connectivity index (χ1n) is 16.8. The molecule has 0 aliphatic rings. The zero-order valence-corrected chi connectivity index (χ0v) is 27.0. The van der Waals surface area contributed by atoms with Crippen molar-refractivity contribution in [2.24, 2.45) is 0 Å². The van der Waals surface area contributed by atoms with Crippen molar-refractivity contribution in [2.75, 3.05) is 9.80 Å². The Balaban J connectivity index is 1.23. The summed E-state index contributed by atoms with van der Waals surface area (Å²) in [5.74, 6) is 0. The van der Waals surface area contributed by atoms with Crippen LogP contribution in [0.3, 0.4) is 0 Å². The Morgan fingerprint density at radius 2 is 0.700 bits per heavy atom. The van der Waals surface area contributed by atoms with Crippen LogP contribution in [0.2, 0.25) is 0 Å². The molecule has 0 aliphatic carbocycles. The molecule has 2 heterocycles. The van der Waals surface area contributed by atoms with Crippen molar-refractivity contribution in [3.63, 3.8) is 0 Å². The minimum Gasteiger partial charge on any atom is -0.456 e. The third kappa shape index (κ3) is 4.54. The van der Waals surface area contributed by atoms with Gasteiger partial charge in [-0.15, -0.1) is 0 Å². The lowest BCUT2D eigenvalue weighted by atomic mass is 10.0. The molecule has 0 bridgehead atoms. The lowest BCUT2D eigenvalue weighted by Gasteiger charge is -2.29. The number of nitrogens with zero attached hydrogens (tertiary/aromatic N) is 2. The Labute approximate surface area is 288 Å². The highest BCUT2D eigenvalue weighted by atomic mass is 16.3. The fourth-order valence-electron chi connectivity index (χ4n) is 7.38. The molecule has 4 heteroatoms. The number of fused-ring (bicyclic) bond motifs is 7. The maximum atomic E-state index is 6.42. The fraction of sp³-hybridized carbons (Fsp3) is 0. The maximum absolute atomic E-state index is 6.42. The molecule has 0 radical (unpaired) electrons. The topological polar surface area (TPSA) is 32.8 Å². The fourth-order valence-corrected chi connectivity index (χ4v) is 7.38. The smallest absolute Gasteiger partial charge is 0.137 e. The maximum Gasteiger partial charge on any atom is 0.137 e. The van der Waals surface area contributed by atoms with E-state index in [2.05, 4.69) is 168 Å². The molecule has 236 valence electrons. The van der Waals surface area contributed by atoms with Gasteiger partial charge in [-0.1, -0.05) is 97.1 Å².